The maximum Gasteiger partial charge on any atom is 0.356 e. The van der Waals surface area contributed by atoms with E-state index in [-0.39, 0.29) is 23.9 Å². The maximum atomic E-state index is 11.9. The van der Waals surface area contributed by atoms with Crippen molar-refractivity contribution in [1.29, 1.82) is 0 Å². The van der Waals surface area contributed by atoms with Crippen LogP contribution in [0.3, 0.4) is 0 Å². The summed E-state index contributed by atoms with van der Waals surface area (Å²) >= 11 is 0. The van der Waals surface area contributed by atoms with Crippen LogP contribution in [0.15, 0.2) is 36.7 Å². The number of amides is 1. The van der Waals surface area contributed by atoms with E-state index in [9.17, 15) is 9.59 Å². The lowest BCUT2D eigenvalue weighted by molar-refractivity contribution is 0.0519. The Kier molecular flexibility index (Phi) is 4.33. The predicted molar refractivity (Wildman–Crippen MR) is 70.2 cm³/mol. The Morgan fingerprint density at radius 1 is 1.15 bits per heavy atom. The smallest absolute Gasteiger partial charge is 0.356 e. The third-order valence-corrected chi connectivity index (χ3v) is 2.26. The van der Waals surface area contributed by atoms with Gasteiger partial charge in [-0.2, -0.15) is 0 Å². The molecule has 0 saturated carbocycles. The van der Waals surface area contributed by atoms with E-state index in [2.05, 4.69) is 20.3 Å². The predicted octanol–water partition coefficient (Wildman–Crippen LogP) is 1.30. The van der Waals surface area contributed by atoms with Crippen molar-refractivity contribution >= 4 is 17.8 Å². The van der Waals surface area contributed by atoms with Crippen LogP contribution < -0.4 is 5.32 Å². The molecular formula is C13H12N4O3. The first-order valence-corrected chi connectivity index (χ1v) is 5.93. The van der Waals surface area contributed by atoms with E-state index >= 15 is 0 Å². The van der Waals surface area contributed by atoms with E-state index < -0.39 is 11.9 Å². The molecule has 2 rings (SSSR count). The second kappa shape index (κ2) is 6.37. The second-order valence-corrected chi connectivity index (χ2v) is 3.66. The Morgan fingerprint density at radius 3 is 2.55 bits per heavy atom. The number of carbonyl (C=O) groups is 2. The molecule has 1 amide bonds. The first-order chi connectivity index (χ1) is 9.70. The zero-order valence-electron chi connectivity index (χ0n) is 10.7. The van der Waals surface area contributed by atoms with Gasteiger partial charge in [-0.3, -0.25) is 10.1 Å². The van der Waals surface area contributed by atoms with Crippen LogP contribution in [0.25, 0.3) is 0 Å². The standard InChI is InChI=1S/C13H12N4O3/c1-2-20-12(19)10-6-3-5-9(16-10)11(18)17-13-14-7-4-8-15-13/h3-8H,2H2,1H3,(H,14,15,17,18). The lowest BCUT2D eigenvalue weighted by Crippen LogP contribution is -2.17. The fourth-order valence-corrected chi connectivity index (χ4v) is 1.41. The Bertz CT molecular complexity index is 616. The van der Waals surface area contributed by atoms with Crippen molar-refractivity contribution in [2.24, 2.45) is 0 Å². The fourth-order valence-electron chi connectivity index (χ4n) is 1.41. The Hall–Kier alpha value is -2.83. The number of aromatic nitrogens is 3. The number of anilines is 1. The molecule has 102 valence electrons. The molecule has 2 aromatic heterocycles. The molecule has 0 bridgehead atoms. The number of carbonyl (C=O) groups excluding carboxylic acids is 2. The molecule has 0 aliphatic rings. The van der Waals surface area contributed by atoms with Crippen molar-refractivity contribution in [3.63, 3.8) is 0 Å². The highest BCUT2D eigenvalue weighted by Gasteiger charge is 2.13. The molecule has 0 radical (unpaired) electrons. The molecule has 0 unspecified atom stereocenters. The van der Waals surface area contributed by atoms with Gasteiger partial charge in [0, 0.05) is 12.4 Å². The van der Waals surface area contributed by atoms with Crippen LogP contribution in [0.2, 0.25) is 0 Å². The summed E-state index contributed by atoms with van der Waals surface area (Å²) in [6.07, 6.45) is 3.01. The average Bonchev–Trinajstić information content (AvgIpc) is 2.48. The Morgan fingerprint density at radius 2 is 1.85 bits per heavy atom. The monoisotopic (exact) mass is 272 g/mol. The SMILES string of the molecule is CCOC(=O)c1cccc(C(=O)Nc2ncccn2)n1. The van der Waals surface area contributed by atoms with Crippen LogP contribution in [-0.2, 0) is 4.74 Å². The molecule has 0 fully saturated rings. The van der Waals surface area contributed by atoms with Gasteiger partial charge >= 0.3 is 5.97 Å². The summed E-state index contributed by atoms with van der Waals surface area (Å²) in [5, 5.41) is 2.48. The molecule has 0 aliphatic heterocycles. The minimum absolute atomic E-state index is 0.0773. The van der Waals surface area contributed by atoms with E-state index in [1.807, 2.05) is 0 Å². The summed E-state index contributed by atoms with van der Waals surface area (Å²) in [5.74, 6) is -0.902. The minimum Gasteiger partial charge on any atom is -0.461 e. The van der Waals surface area contributed by atoms with Gasteiger partial charge in [-0.25, -0.2) is 19.7 Å². The highest BCUT2D eigenvalue weighted by atomic mass is 16.5. The number of nitrogens with one attached hydrogen (secondary N) is 1. The van der Waals surface area contributed by atoms with Crippen molar-refractivity contribution in [3.05, 3.63) is 48.0 Å². The van der Waals surface area contributed by atoms with Gasteiger partial charge in [-0.05, 0) is 25.1 Å². The Balaban J connectivity index is 2.14. The topological polar surface area (TPSA) is 94.1 Å². The van der Waals surface area contributed by atoms with Crippen molar-refractivity contribution < 1.29 is 14.3 Å². The number of rotatable bonds is 4. The normalized spacial score (nSPS) is 9.85. The van der Waals surface area contributed by atoms with Gasteiger partial charge in [0.2, 0.25) is 5.95 Å². The van der Waals surface area contributed by atoms with Crippen molar-refractivity contribution in [3.8, 4) is 0 Å². The van der Waals surface area contributed by atoms with Gasteiger partial charge in [-0.15, -0.1) is 0 Å². The molecule has 7 nitrogen and oxygen atoms in total. The van der Waals surface area contributed by atoms with Crippen LogP contribution >= 0.6 is 0 Å². The molecule has 2 heterocycles. The summed E-state index contributed by atoms with van der Waals surface area (Å²) < 4.78 is 4.82. The van der Waals surface area contributed by atoms with Gasteiger partial charge in [-0.1, -0.05) is 6.07 Å². The highest BCUT2D eigenvalue weighted by molar-refractivity contribution is 6.02. The van der Waals surface area contributed by atoms with Crippen LogP contribution in [0, 0.1) is 0 Å². The number of ether oxygens (including phenoxy) is 1. The number of pyridine rings is 1. The minimum atomic E-state index is -0.571. The molecule has 2 aromatic rings. The van der Waals surface area contributed by atoms with E-state index in [0.717, 1.165) is 0 Å². The van der Waals surface area contributed by atoms with Crippen LogP contribution in [0.4, 0.5) is 5.95 Å². The largest absolute Gasteiger partial charge is 0.461 e. The van der Waals surface area contributed by atoms with Gasteiger partial charge in [0.25, 0.3) is 5.91 Å². The number of nitrogens with zero attached hydrogens (tertiary/aromatic N) is 3. The average molecular weight is 272 g/mol. The zero-order chi connectivity index (χ0) is 14.4. The third-order valence-electron chi connectivity index (χ3n) is 2.26. The van der Waals surface area contributed by atoms with Crippen molar-refractivity contribution in [2.45, 2.75) is 6.92 Å². The van der Waals surface area contributed by atoms with Crippen LogP contribution in [0.1, 0.15) is 27.9 Å². The van der Waals surface area contributed by atoms with Crippen LogP contribution in [-0.4, -0.2) is 33.4 Å². The van der Waals surface area contributed by atoms with E-state index in [4.69, 9.17) is 4.74 Å². The van der Waals surface area contributed by atoms with Crippen molar-refractivity contribution in [1.82, 2.24) is 15.0 Å². The fraction of sp³-hybridized carbons (Fsp3) is 0.154. The molecule has 0 aliphatic carbocycles. The van der Waals surface area contributed by atoms with E-state index in [0.29, 0.717) is 0 Å². The Labute approximate surface area is 115 Å². The number of esters is 1. The molecular weight excluding hydrogens is 260 g/mol. The summed E-state index contributed by atoms with van der Waals surface area (Å²) in [6, 6.07) is 6.16. The van der Waals surface area contributed by atoms with Gasteiger partial charge in [0.05, 0.1) is 6.61 Å². The summed E-state index contributed by atoms with van der Waals surface area (Å²) in [7, 11) is 0. The van der Waals surface area contributed by atoms with Gasteiger partial charge in [0.1, 0.15) is 11.4 Å². The first-order valence-electron chi connectivity index (χ1n) is 5.93. The lowest BCUT2D eigenvalue weighted by Gasteiger charge is -2.04. The molecule has 0 saturated heterocycles. The third kappa shape index (κ3) is 3.35. The molecule has 7 heteroatoms. The summed E-state index contributed by atoms with van der Waals surface area (Å²) in [6.45, 7) is 1.94. The number of hydrogen-bond donors (Lipinski definition) is 1. The van der Waals surface area contributed by atoms with Crippen molar-refractivity contribution in [2.75, 3.05) is 11.9 Å². The summed E-state index contributed by atoms with van der Waals surface area (Å²) in [4.78, 5) is 35.2. The highest BCUT2D eigenvalue weighted by Crippen LogP contribution is 2.04. The summed E-state index contributed by atoms with van der Waals surface area (Å²) in [5.41, 5.74) is 0.163. The molecule has 0 spiro atoms. The molecule has 0 aromatic carbocycles. The molecule has 0 atom stereocenters. The second-order valence-electron chi connectivity index (χ2n) is 3.66. The lowest BCUT2D eigenvalue weighted by atomic mass is 10.3. The molecule has 20 heavy (non-hydrogen) atoms. The van der Waals surface area contributed by atoms with E-state index in [1.165, 1.54) is 24.5 Å². The van der Waals surface area contributed by atoms with Gasteiger partial charge in [0.15, 0.2) is 0 Å². The first kappa shape index (κ1) is 13.6. The maximum absolute atomic E-state index is 11.9. The van der Waals surface area contributed by atoms with Crippen LogP contribution in [0.5, 0.6) is 0 Å². The molecule has 1 N–H and O–H groups in total. The zero-order valence-corrected chi connectivity index (χ0v) is 10.7. The van der Waals surface area contributed by atoms with Gasteiger partial charge < -0.3 is 4.74 Å². The quantitative estimate of drug-likeness (QED) is 0.843. The number of hydrogen-bond acceptors (Lipinski definition) is 6. The van der Waals surface area contributed by atoms with E-state index in [1.54, 1.807) is 19.1 Å².